The zero-order valence-corrected chi connectivity index (χ0v) is 16.1. The average molecular weight is 439 g/mol. The molecule has 2 N–H and O–H groups in total. The lowest BCUT2D eigenvalue weighted by Gasteiger charge is -2.17. The molecule has 0 fully saturated rings. The average Bonchev–Trinajstić information content (AvgIpc) is 3.15. The molecule has 0 saturated heterocycles. The van der Waals surface area contributed by atoms with Gasteiger partial charge in [-0.15, -0.1) is 0 Å². The van der Waals surface area contributed by atoms with Gasteiger partial charge in [-0.05, 0) is 37.3 Å². The fourth-order valence-electron chi connectivity index (χ4n) is 2.56. The highest BCUT2D eigenvalue weighted by molar-refractivity contribution is 5.94. The molecular weight excluding hydrogens is 422 g/mol. The Hall–Kier alpha value is -3.47. The van der Waals surface area contributed by atoms with E-state index in [1.807, 2.05) is 5.32 Å². The first-order valence-electron chi connectivity index (χ1n) is 8.99. The van der Waals surface area contributed by atoms with E-state index in [2.05, 4.69) is 10.1 Å². The number of carbonyl (C=O) groups is 1. The molecule has 0 radical (unpaired) electrons. The van der Waals surface area contributed by atoms with Crippen molar-refractivity contribution >= 4 is 5.91 Å². The highest BCUT2D eigenvalue weighted by Crippen LogP contribution is 2.27. The molecule has 1 unspecified atom stereocenters. The summed E-state index contributed by atoms with van der Waals surface area (Å²) in [4.78, 5) is 15.8. The second-order valence-corrected chi connectivity index (χ2v) is 6.51. The van der Waals surface area contributed by atoms with E-state index in [0.717, 1.165) is 13.1 Å². The van der Waals surface area contributed by atoms with Gasteiger partial charge in [0.25, 0.3) is 5.91 Å². The van der Waals surface area contributed by atoms with E-state index in [4.69, 9.17) is 9.26 Å². The lowest BCUT2D eigenvalue weighted by atomic mass is 10.1. The van der Waals surface area contributed by atoms with E-state index < -0.39 is 30.5 Å². The summed E-state index contributed by atoms with van der Waals surface area (Å²) < 4.78 is 61.5. The van der Waals surface area contributed by atoms with Crippen molar-refractivity contribution in [1.82, 2.24) is 15.5 Å². The molecule has 0 spiro atoms. The van der Waals surface area contributed by atoms with Gasteiger partial charge in [-0.25, -0.2) is 9.37 Å². The first-order valence-corrected chi connectivity index (χ1v) is 8.99. The summed E-state index contributed by atoms with van der Waals surface area (Å²) in [5.41, 5.74) is 1.23. The fourth-order valence-corrected chi connectivity index (χ4v) is 2.56. The van der Waals surface area contributed by atoms with Crippen LogP contribution in [-0.4, -0.2) is 33.4 Å². The number of rotatable bonds is 7. The molecule has 7 nitrogen and oxygen atoms in total. The van der Waals surface area contributed by atoms with Gasteiger partial charge in [0.15, 0.2) is 5.76 Å². The van der Waals surface area contributed by atoms with E-state index in [9.17, 15) is 27.5 Å². The molecule has 0 aliphatic carbocycles. The number of aliphatic hydroxyl groups is 1. The molecule has 0 bridgehead atoms. The molecule has 3 rings (SSSR count). The number of ether oxygens (including phenoxy) is 1. The zero-order chi connectivity index (χ0) is 22.6. The van der Waals surface area contributed by atoms with Crippen molar-refractivity contribution in [2.24, 2.45) is 0 Å². The van der Waals surface area contributed by atoms with Crippen LogP contribution in [0.4, 0.5) is 17.6 Å². The summed E-state index contributed by atoms with van der Waals surface area (Å²) in [5, 5.41) is 15.2. The van der Waals surface area contributed by atoms with E-state index in [1.165, 1.54) is 36.4 Å². The Bertz CT molecular complexity index is 1030. The van der Waals surface area contributed by atoms with Crippen LogP contribution < -0.4 is 10.1 Å². The second-order valence-electron chi connectivity index (χ2n) is 6.51. The minimum Gasteiger partial charge on any atom is -0.473 e. The summed E-state index contributed by atoms with van der Waals surface area (Å²) in [7, 11) is 0. The van der Waals surface area contributed by atoms with Crippen molar-refractivity contribution in [3.63, 3.8) is 0 Å². The van der Waals surface area contributed by atoms with Crippen LogP contribution in [0.2, 0.25) is 0 Å². The van der Waals surface area contributed by atoms with Gasteiger partial charge < -0.3 is 19.7 Å². The van der Waals surface area contributed by atoms with Gasteiger partial charge in [0.2, 0.25) is 5.88 Å². The molecule has 31 heavy (non-hydrogen) atoms. The highest BCUT2D eigenvalue weighted by atomic mass is 19.4. The Labute approximate surface area is 173 Å². The monoisotopic (exact) mass is 439 g/mol. The number of hydrogen-bond acceptors (Lipinski definition) is 6. The topological polar surface area (TPSA) is 97.5 Å². The maximum absolute atomic E-state index is 13.2. The minimum absolute atomic E-state index is 0.0727. The van der Waals surface area contributed by atoms with Gasteiger partial charge >= 0.3 is 6.18 Å². The third-order valence-electron chi connectivity index (χ3n) is 4.33. The number of alkyl halides is 3. The summed E-state index contributed by atoms with van der Waals surface area (Å²) in [5.74, 6) is -1.12. The van der Waals surface area contributed by atoms with Crippen LogP contribution in [-0.2, 0) is 13.2 Å². The Morgan fingerprint density at radius 2 is 1.94 bits per heavy atom. The number of nitrogens with zero attached hydrogens (tertiary/aromatic N) is 2. The normalized spacial score (nSPS) is 12.5. The van der Waals surface area contributed by atoms with Gasteiger partial charge in [-0.1, -0.05) is 5.16 Å². The summed E-state index contributed by atoms with van der Waals surface area (Å²) in [6, 6.07) is 6.05. The van der Waals surface area contributed by atoms with Crippen LogP contribution in [0.3, 0.4) is 0 Å². The summed E-state index contributed by atoms with van der Waals surface area (Å²) in [6.07, 6.45) is -3.48. The van der Waals surface area contributed by atoms with Crippen molar-refractivity contribution in [2.75, 3.05) is 0 Å². The van der Waals surface area contributed by atoms with Crippen LogP contribution in [0.5, 0.6) is 5.88 Å². The fraction of sp³-hybridized carbons (Fsp3) is 0.250. The summed E-state index contributed by atoms with van der Waals surface area (Å²) in [6.45, 7) is 0.270. The van der Waals surface area contributed by atoms with Crippen molar-refractivity contribution in [3.05, 3.63) is 65.3 Å². The number of benzene rings is 1. The maximum atomic E-state index is 13.2. The molecule has 164 valence electrons. The van der Waals surface area contributed by atoms with E-state index in [0.29, 0.717) is 16.8 Å². The van der Waals surface area contributed by atoms with Gasteiger partial charge in [0.05, 0.1) is 11.1 Å². The number of aromatic nitrogens is 2. The number of halogens is 4. The molecule has 0 aliphatic rings. The number of pyridine rings is 1. The molecule has 1 atom stereocenters. The Kier molecular flexibility index (Phi) is 6.54. The Morgan fingerprint density at radius 3 is 2.52 bits per heavy atom. The van der Waals surface area contributed by atoms with Crippen molar-refractivity contribution in [1.29, 1.82) is 0 Å². The number of nitrogens with one attached hydrogen (secondary N) is 1. The number of amides is 1. The molecule has 2 aromatic heterocycles. The van der Waals surface area contributed by atoms with E-state index in [1.54, 1.807) is 0 Å². The van der Waals surface area contributed by atoms with Gasteiger partial charge in [-0.2, -0.15) is 13.2 Å². The zero-order valence-electron chi connectivity index (χ0n) is 16.1. The van der Waals surface area contributed by atoms with Gasteiger partial charge in [0, 0.05) is 17.8 Å². The van der Waals surface area contributed by atoms with E-state index >= 15 is 0 Å². The SMILES string of the molecule is CC(NC(=O)c1ccc(OCc2c(-c3ccc(F)cc3)noc2CO)nc1)C(F)(F)F. The van der Waals surface area contributed by atoms with Crippen molar-refractivity contribution in [2.45, 2.75) is 32.4 Å². The second kappa shape index (κ2) is 9.13. The number of carbonyl (C=O) groups excluding carboxylic acids is 1. The maximum Gasteiger partial charge on any atom is 0.408 e. The van der Waals surface area contributed by atoms with Crippen molar-refractivity contribution in [3.8, 4) is 17.1 Å². The molecule has 0 aliphatic heterocycles. The van der Waals surface area contributed by atoms with Crippen LogP contribution in [0, 0.1) is 5.82 Å². The molecule has 0 saturated carbocycles. The molecular formula is C20H17F4N3O4. The molecule has 3 aromatic rings. The highest BCUT2D eigenvalue weighted by Gasteiger charge is 2.37. The molecule has 2 heterocycles. The standard InChI is InChI=1S/C20H17F4N3O4/c1-11(20(22,23)24)26-19(29)13-4-7-17(25-8-13)30-10-15-16(9-28)31-27-18(15)12-2-5-14(21)6-3-12/h2-8,11,28H,9-10H2,1H3,(H,26,29). The van der Waals surface area contributed by atoms with Gasteiger partial charge in [-0.3, -0.25) is 4.79 Å². The van der Waals surface area contributed by atoms with Gasteiger partial charge in [0.1, 0.15) is 30.8 Å². The third-order valence-corrected chi connectivity index (χ3v) is 4.33. The number of hydrogen-bond donors (Lipinski definition) is 2. The van der Waals surface area contributed by atoms with E-state index in [-0.39, 0.29) is 23.8 Å². The summed E-state index contributed by atoms with van der Waals surface area (Å²) >= 11 is 0. The van der Waals surface area contributed by atoms with Crippen LogP contribution in [0.1, 0.15) is 28.6 Å². The predicted molar refractivity (Wildman–Crippen MR) is 99.4 cm³/mol. The molecule has 1 amide bonds. The van der Waals surface area contributed by atoms with Crippen LogP contribution in [0.15, 0.2) is 47.1 Å². The first-order chi connectivity index (χ1) is 14.7. The quantitative estimate of drug-likeness (QED) is 0.546. The van der Waals surface area contributed by atoms with Crippen LogP contribution in [0.25, 0.3) is 11.3 Å². The lowest BCUT2D eigenvalue weighted by molar-refractivity contribution is -0.149. The Morgan fingerprint density at radius 1 is 1.23 bits per heavy atom. The largest absolute Gasteiger partial charge is 0.473 e. The first kappa shape index (κ1) is 22.2. The molecule has 1 aromatic carbocycles. The van der Waals surface area contributed by atoms with Crippen LogP contribution >= 0.6 is 0 Å². The lowest BCUT2D eigenvalue weighted by Crippen LogP contribution is -2.43. The smallest absolute Gasteiger partial charge is 0.408 e. The molecule has 11 heteroatoms. The number of aliphatic hydroxyl groups excluding tert-OH is 1. The Balaban J connectivity index is 1.70. The predicted octanol–water partition coefficient (Wildman–Crippen LogP) is 3.63. The minimum atomic E-state index is -4.56. The third kappa shape index (κ3) is 5.37. The van der Waals surface area contributed by atoms with Crippen molar-refractivity contribution < 1.29 is 36.7 Å².